The van der Waals surface area contributed by atoms with Gasteiger partial charge in [0.05, 0.1) is 53.2 Å². The molecule has 3 N–H and O–H groups in total. The Hall–Kier alpha value is -6.49. The fourth-order valence-electron chi connectivity index (χ4n) is 12.1. The second-order valence-electron chi connectivity index (χ2n) is 20.4. The highest BCUT2D eigenvalue weighted by Gasteiger charge is 2.49. The minimum absolute atomic E-state index is 0.0539. The highest BCUT2D eigenvalue weighted by molar-refractivity contribution is 7.16. The maximum absolute atomic E-state index is 12.6. The van der Waals surface area contributed by atoms with Crippen LogP contribution in [0, 0.1) is 22.7 Å². The van der Waals surface area contributed by atoms with Crippen LogP contribution in [0.3, 0.4) is 0 Å². The number of hydrogen-bond donors (Lipinski definition) is 2. The van der Waals surface area contributed by atoms with Crippen LogP contribution in [-0.4, -0.2) is 115 Å². The van der Waals surface area contributed by atoms with E-state index in [9.17, 15) is 14.9 Å². The van der Waals surface area contributed by atoms with E-state index in [4.69, 9.17) is 34.8 Å². The summed E-state index contributed by atoms with van der Waals surface area (Å²) in [6.07, 6.45) is 15.2. The van der Waals surface area contributed by atoms with Crippen LogP contribution >= 0.6 is 11.3 Å². The molecule has 6 aromatic rings. The minimum Gasteiger partial charge on any atom is -0.477 e. The number of thiophene rings is 1. The molecule has 0 radical (unpaired) electrons. The Kier molecular flexibility index (Phi) is 11.5. The zero-order valence-electron chi connectivity index (χ0n) is 39.5. The number of rotatable bonds is 12. The quantitative estimate of drug-likeness (QED) is 0.129. The predicted octanol–water partition coefficient (Wildman–Crippen LogP) is 6.29. The third-order valence-electron chi connectivity index (χ3n) is 15.9. The molecule has 2 atom stereocenters. The summed E-state index contributed by atoms with van der Waals surface area (Å²) in [4.78, 5) is 51.4. The van der Waals surface area contributed by atoms with Crippen molar-refractivity contribution >= 4 is 44.7 Å². The Balaban J connectivity index is 0.673. The molecule has 8 heterocycles. The predicted molar refractivity (Wildman–Crippen MR) is 261 cm³/mol. The van der Waals surface area contributed by atoms with Gasteiger partial charge in [0.25, 0.3) is 0 Å². The summed E-state index contributed by atoms with van der Waals surface area (Å²) in [6.45, 7) is 8.86. The van der Waals surface area contributed by atoms with E-state index in [0.717, 1.165) is 150 Å². The molecule has 0 bridgehead atoms. The number of nitrogen functional groups attached to an aromatic ring is 1. The van der Waals surface area contributed by atoms with Crippen molar-refractivity contribution in [2.45, 2.75) is 88.4 Å². The fourth-order valence-corrected chi connectivity index (χ4v) is 13.3. The number of benzene rings is 1. The summed E-state index contributed by atoms with van der Waals surface area (Å²) in [5.41, 5.74) is 12.1. The Morgan fingerprint density at radius 2 is 1.71 bits per heavy atom. The van der Waals surface area contributed by atoms with Gasteiger partial charge in [-0.2, -0.15) is 20.3 Å². The first-order valence-electron chi connectivity index (χ1n) is 24.9. The molecule has 6 aliphatic rings. The van der Waals surface area contributed by atoms with Gasteiger partial charge in [-0.1, -0.05) is 5.16 Å². The van der Waals surface area contributed by atoms with Crippen LogP contribution in [-0.2, 0) is 34.9 Å². The highest BCUT2D eigenvalue weighted by atomic mass is 32.1. The Morgan fingerprint density at radius 3 is 2.49 bits per heavy atom. The van der Waals surface area contributed by atoms with Crippen LogP contribution in [0.25, 0.3) is 22.4 Å². The van der Waals surface area contributed by atoms with Gasteiger partial charge in [0.2, 0.25) is 23.6 Å². The molecule has 18 nitrogen and oxygen atoms in total. The molecule has 70 heavy (non-hydrogen) atoms. The van der Waals surface area contributed by atoms with E-state index in [1.165, 1.54) is 28.2 Å². The lowest BCUT2D eigenvalue weighted by Crippen LogP contribution is -2.50. The summed E-state index contributed by atoms with van der Waals surface area (Å²) < 4.78 is 21.0. The number of piperazine rings is 1. The average Bonchev–Trinajstić information content (AvgIpc) is 3.65. The summed E-state index contributed by atoms with van der Waals surface area (Å²) in [6, 6.07) is 10.6. The number of amides is 2. The first-order valence-corrected chi connectivity index (χ1v) is 25.7. The molecule has 1 spiro atoms. The number of nitriles is 1. The molecular formula is C51H57N13O5S. The Morgan fingerprint density at radius 1 is 0.943 bits per heavy atom. The summed E-state index contributed by atoms with van der Waals surface area (Å²) in [5.74, 6) is 2.11. The van der Waals surface area contributed by atoms with Gasteiger partial charge in [-0.3, -0.25) is 19.6 Å². The molecule has 3 saturated heterocycles. The van der Waals surface area contributed by atoms with E-state index in [1.807, 2.05) is 11.7 Å². The van der Waals surface area contributed by atoms with Gasteiger partial charge in [0, 0.05) is 92.8 Å². The van der Waals surface area contributed by atoms with Crippen LogP contribution in [0.5, 0.6) is 17.5 Å². The van der Waals surface area contributed by atoms with Crippen LogP contribution in [0.2, 0.25) is 0 Å². The number of nitrogens with two attached hydrogens (primary N) is 1. The molecular weight excluding hydrogens is 907 g/mol. The molecule has 3 aliphatic carbocycles. The molecule has 1 unspecified atom stereocenters. The van der Waals surface area contributed by atoms with E-state index in [1.54, 1.807) is 18.5 Å². The number of anilines is 2. The number of imide groups is 1. The van der Waals surface area contributed by atoms with Crippen molar-refractivity contribution in [3.05, 3.63) is 76.0 Å². The van der Waals surface area contributed by atoms with Crippen molar-refractivity contribution in [1.29, 1.82) is 5.26 Å². The van der Waals surface area contributed by atoms with Crippen LogP contribution in [0.15, 0.2) is 47.5 Å². The fraction of sp³-hybridized carbons (Fsp3) is 0.510. The van der Waals surface area contributed by atoms with Crippen LogP contribution in [0.4, 0.5) is 10.7 Å². The molecule has 3 aliphatic heterocycles. The normalized spacial score (nSPS) is 22.7. The van der Waals surface area contributed by atoms with Gasteiger partial charge in [0.1, 0.15) is 17.4 Å². The van der Waals surface area contributed by atoms with Gasteiger partial charge in [-0.15, -0.1) is 11.3 Å². The molecule has 5 aromatic heterocycles. The number of ether oxygens (including phenoxy) is 2. The molecule has 19 heteroatoms. The van der Waals surface area contributed by atoms with Gasteiger partial charge < -0.3 is 34.4 Å². The minimum atomic E-state index is -0.462. The maximum atomic E-state index is 12.6. The van der Waals surface area contributed by atoms with Gasteiger partial charge in [-0.25, -0.2) is 9.97 Å². The van der Waals surface area contributed by atoms with Gasteiger partial charge in [-0.05, 0) is 100 Å². The lowest BCUT2D eigenvalue weighted by molar-refractivity contribution is -0.134. The summed E-state index contributed by atoms with van der Waals surface area (Å²) in [5, 5.41) is 23.6. The van der Waals surface area contributed by atoms with Gasteiger partial charge in [0.15, 0.2) is 23.0 Å². The topological polar surface area (TPSA) is 220 Å². The molecule has 2 amide bonds. The van der Waals surface area contributed by atoms with E-state index >= 15 is 0 Å². The standard InChI is InChI=1S/C51H57N13O5S/c1-61-38-22-32(6-7-34(38)44(59-61)36-8-9-40(65)56-49(36)66)64-16-10-31(11-17-64)27-62-18-20-63(21-19-62)28-50(14-15-50)29-67-41-23-42(68-33-25-54-30-55-26-33)58-48(57-41)45-35-4-2-12-51(46(35)69-60-45)13-3-5-39-43(51)37(24-52)47(53)70-39/h6-7,22-23,25-26,30-31,36H,2-5,8-21,27-29,53H2,1H3,(H,56,65,66)/t36?,51-/m0/s1. The molecule has 12 rings (SSSR count). The molecule has 4 fully saturated rings. The third-order valence-corrected chi connectivity index (χ3v) is 17.0. The number of piperidine rings is 2. The molecule has 362 valence electrons. The van der Waals surface area contributed by atoms with E-state index in [-0.39, 0.29) is 17.2 Å². The first-order chi connectivity index (χ1) is 34.1. The largest absolute Gasteiger partial charge is 0.477 e. The molecule has 1 saturated carbocycles. The van der Waals surface area contributed by atoms with Crippen molar-refractivity contribution in [2.24, 2.45) is 18.4 Å². The zero-order valence-corrected chi connectivity index (χ0v) is 40.3. The van der Waals surface area contributed by atoms with E-state index in [2.05, 4.69) is 59.4 Å². The van der Waals surface area contributed by atoms with E-state index in [0.29, 0.717) is 65.0 Å². The number of carbonyl (C=O) groups excluding carboxylic acids is 2. The number of aryl methyl sites for hydroxylation is 2. The number of carbonyl (C=O) groups is 2. The van der Waals surface area contributed by atoms with Crippen LogP contribution in [0.1, 0.15) is 103 Å². The van der Waals surface area contributed by atoms with E-state index < -0.39 is 11.3 Å². The third kappa shape index (κ3) is 8.32. The number of aromatic nitrogens is 7. The molecule has 1 aromatic carbocycles. The first kappa shape index (κ1) is 44.7. The SMILES string of the molecule is Cn1nc(C2CCC(=O)NC2=O)c2ccc(N3CCC(CN4CCN(CC5(COc6cc(Oc7cncnc7)nc(-c7noc8c7CCC[C@@]87CCCc8sc(N)c(C#N)c87)n6)CC5)CC4)CC3)cc21. The Labute approximate surface area is 409 Å². The average molecular weight is 964 g/mol. The van der Waals surface area contributed by atoms with Crippen molar-refractivity contribution in [3.63, 3.8) is 0 Å². The van der Waals surface area contributed by atoms with Crippen molar-refractivity contribution < 1.29 is 23.6 Å². The van der Waals surface area contributed by atoms with Gasteiger partial charge >= 0.3 is 0 Å². The lowest BCUT2D eigenvalue weighted by Gasteiger charge is -2.40. The lowest BCUT2D eigenvalue weighted by atomic mass is 9.63. The van der Waals surface area contributed by atoms with Crippen molar-refractivity contribution in [2.75, 3.05) is 69.6 Å². The van der Waals surface area contributed by atoms with Crippen molar-refractivity contribution in [1.82, 2.24) is 50.0 Å². The highest BCUT2D eigenvalue weighted by Crippen LogP contribution is 2.55. The monoisotopic (exact) mass is 963 g/mol. The van der Waals surface area contributed by atoms with Crippen molar-refractivity contribution in [3.8, 4) is 35.1 Å². The number of fused-ring (bicyclic) bond motifs is 5. The number of nitrogens with one attached hydrogen (secondary N) is 1. The summed E-state index contributed by atoms with van der Waals surface area (Å²) in [7, 11) is 1.93. The maximum Gasteiger partial charge on any atom is 0.235 e. The number of hydrogen-bond acceptors (Lipinski definition) is 17. The Bertz CT molecular complexity index is 3010. The second kappa shape index (κ2) is 18.0. The number of nitrogens with zero attached hydrogens (tertiary/aromatic N) is 11. The zero-order chi connectivity index (χ0) is 47.6. The second-order valence-corrected chi connectivity index (χ2v) is 21.6. The van der Waals surface area contributed by atoms with Crippen LogP contribution < -0.4 is 25.4 Å². The summed E-state index contributed by atoms with van der Waals surface area (Å²) >= 11 is 1.53. The smallest absolute Gasteiger partial charge is 0.235 e.